The van der Waals surface area contributed by atoms with Gasteiger partial charge in [-0.1, -0.05) is 42.8 Å². The highest BCUT2D eigenvalue weighted by molar-refractivity contribution is 14.1. The molecule has 0 spiro atoms. The topological polar surface area (TPSA) is 172 Å². The van der Waals surface area contributed by atoms with Crippen LogP contribution in [0.5, 0.6) is 0 Å². The summed E-state index contributed by atoms with van der Waals surface area (Å²) in [5.74, 6) is -1.85. The van der Waals surface area contributed by atoms with Crippen molar-refractivity contribution >= 4 is 65.8 Å². The van der Waals surface area contributed by atoms with Gasteiger partial charge in [0.2, 0.25) is 17.7 Å². The van der Waals surface area contributed by atoms with Crippen LogP contribution in [-0.2, 0) is 14.4 Å². The average molecular weight is 612 g/mol. The van der Waals surface area contributed by atoms with Crippen molar-refractivity contribution in [3.05, 3.63) is 29.8 Å². The highest BCUT2D eigenvalue weighted by Gasteiger charge is 2.29. The second-order valence-electron chi connectivity index (χ2n) is 8.59. The zero-order valence-corrected chi connectivity index (χ0v) is 22.9. The van der Waals surface area contributed by atoms with Crippen molar-refractivity contribution in [1.82, 2.24) is 21.3 Å². The van der Waals surface area contributed by atoms with E-state index in [1.807, 2.05) is 22.6 Å². The van der Waals surface area contributed by atoms with Gasteiger partial charge < -0.3 is 32.3 Å². The summed E-state index contributed by atoms with van der Waals surface area (Å²) in [6.45, 7) is 5.52. The van der Waals surface area contributed by atoms with Gasteiger partial charge in [0.1, 0.15) is 12.1 Å². The van der Waals surface area contributed by atoms with Gasteiger partial charge in [0.25, 0.3) is 5.91 Å². The SMILES string of the molecule is [B]C[C@@H](C)NC(=O)[C@H](CCCNC(N)=O)NC(=O)C(NC(=O)c1ccc(NC(=O)CI)cc1)C(C)C. The summed E-state index contributed by atoms with van der Waals surface area (Å²) in [6, 6.07) is 3.49. The third-order valence-corrected chi connectivity index (χ3v) is 5.82. The minimum absolute atomic E-state index is 0.158. The summed E-state index contributed by atoms with van der Waals surface area (Å²) >= 11 is 1.95. The van der Waals surface area contributed by atoms with E-state index in [0.717, 1.165) is 0 Å². The smallest absolute Gasteiger partial charge is 0.312 e. The van der Waals surface area contributed by atoms with Gasteiger partial charge in [-0.25, -0.2) is 4.79 Å². The maximum Gasteiger partial charge on any atom is 0.312 e. The Bertz CT molecular complexity index is 915. The third kappa shape index (κ3) is 11.3. The first-order chi connectivity index (χ1) is 17.0. The minimum Gasteiger partial charge on any atom is -0.353 e. The number of carbonyl (C=O) groups excluding carboxylic acids is 5. The van der Waals surface area contributed by atoms with E-state index >= 15 is 0 Å². The monoisotopic (exact) mass is 612 g/mol. The van der Waals surface area contributed by atoms with Crippen molar-refractivity contribution in [3.63, 3.8) is 0 Å². The molecule has 0 fully saturated rings. The molecular weight excluding hydrogens is 578 g/mol. The molecule has 0 heterocycles. The van der Waals surface area contributed by atoms with E-state index in [-0.39, 0.29) is 37.2 Å². The molecule has 0 aliphatic rings. The Balaban J connectivity index is 2.90. The average Bonchev–Trinajstić information content (AvgIpc) is 2.83. The molecule has 7 N–H and O–H groups in total. The third-order valence-electron chi connectivity index (χ3n) is 5.13. The molecule has 1 aromatic rings. The van der Waals surface area contributed by atoms with Gasteiger partial charge in [0.15, 0.2) is 0 Å². The normalized spacial score (nSPS) is 13.1. The molecular formula is C23H34BIN6O5. The van der Waals surface area contributed by atoms with Crippen LogP contribution in [0.2, 0.25) is 6.32 Å². The summed E-state index contributed by atoms with van der Waals surface area (Å²) in [5, 5.41) is 13.3. The van der Waals surface area contributed by atoms with Crippen LogP contribution >= 0.6 is 22.6 Å². The predicted molar refractivity (Wildman–Crippen MR) is 147 cm³/mol. The van der Waals surface area contributed by atoms with Crippen LogP contribution in [0.3, 0.4) is 0 Å². The second kappa shape index (κ2) is 16.0. The lowest BCUT2D eigenvalue weighted by atomic mass is 9.98. The Labute approximate surface area is 226 Å². The lowest BCUT2D eigenvalue weighted by Gasteiger charge is -2.26. The molecule has 0 aromatic heterocycles. The van der Waals surface area contributed by atoms with Gasteiger partial charge in [-0.05, 0) is 49.9 Å². The Hall–Kier alpha value is -2.84. The number of halogens is 1. The van der Waals surface area contributed by atoms with E-state index in [9.17, 15) is 24.0 Å². The number of hydrogen-bond donors (Lipinski definition) is 6. The highest BCUT2D eigenvalue weighted by atomic mass is 127. The molecule has 0 saturated carbocycles. The first-order valence-corrected chi connectivity index (χ1v) is 13.1. The number of benzene rings is 1. The van der Waals surface area contributed by atoms with Crippen molar-refractivity contribution in [1.29, 1.82) is 0 Å². The number of amides is 6. The van der Waals surface area contributed by atoms with E-state index in [0.29, 0.717) is 22.1 Å². The predicted octanol–water partition coefficient (Wildman–Crippen LogP) is 0.839. The van der Waals surface area contributed by atoms with Crippen molar-refractivity contribution in [2.45, 2.75) is 58.1 Å². The zero-order valence-electron chi connectivity index (χ0n) is 20.7. The number of carbonyl (C=O) groups is 5. The summed E-state index contributed by atoms with van der Waals surface area (Å²) in [6.07, 6.45) is 0.844. The molecule has 1 aromatic carbocycles. The minimum atomic E-state index is -0.915. The van der Waals surface area contributed by atoms with Crippen LogP contribution in [0.1, 0.15) is 44.0 Å². The Morgan fingerprint density at radius 1 is 0.972 bits per heavy atom. The van der Waals surface area contributed by atoms with Crippen LogP contribution in [-0.4, -0.2) is 66.6 Å². The van der Waals surface area contributed by atoms with Crippen molar-refractivity contribution in [2.24, 2.45) is 11.7 Å². The maximum atomic E-state index is 13.1. The zero-order chi connectivity index (χ0) is 27.3. The van der Waals surface area contributed by atoms with Gasteiger partial charge in [0, 0.05) is 23.8 Å². The number of nitrogens with two attached hydrogens (primary N) is 1. The Morgan fingerprint density at radius 2 is 1.61 bits per heavy atom. The molecule has 36 heavy (non-hydrogen) atoms. The molecule has 0 bridgehead atoms. The molecule has 0 aliphatic heterocycles. The number of nitrogens with one attached hydrogen (secondary N) is 5. The van der Waals surface area contributed by atoms with Crippen molar-refractivity contribution < 1.29 is 24.0 Å². The largest absolute Gasteiger partial charge is 0.353 e. The molecule has 13 heteroatoms. The summed E-state index contributed by atoms with van der Waals surface area (Å²) < 4.78 is 0.303. The molecule has 1 rings (SSSR count). The van der Waals surface area contributed by atoms with Gasteiger partial charge in [-0.15, -0.1) is 0 Å². The standard InChI is InChI=1S/C23H34BIN6O5/c1-13(2)19(31-20(33)15-6-8-16(9-7-15)29-18(32)12-25)22(35)30-17(5-4-10-27-23(26)36)21(34)28-14(3)11-24/h6-9,13-14,17,19H,4-5,10-12H2,1-3H3,(H,28,34)(H,29,32)(H,30,35)(H,31,33)(H3,26,27,36)/t14-,17+,19?/m1/s1. The summed E-state index contributed by atoms with van der Waals surface area (Å²) in [5.41, 5.74) is 5.93. The molecule has 196 valence electrons. The van der Waals surface area contributed by atoms with Crippen LogP contribution < -0.4 is 32.3 Å². The van der Waals surface area contributed by atoms with E-state index < -0.39 is 35.8 Å². The first-order valence-electron chi connectivity index (χ1n) is 11.6. The van der Waals surface area contributed by atoms with Crippen LogP contribution in [0.25, 0.3) is 0 Å². The quantitative estimate of drug-likeness (QED) is 0.0791. The first kappa shape index (κ1) is 31.2. The molecule has 11 nitrogen and oxygen atoms in total. The fourth-order valence-corrected chi connectivity index (χ4v) is 3.30. The molecule has 2 radical (unpaired) electrons. The van der Waals surface area contributed by atoms with Gasteiger partial charge in [0.05, 0.1) is 12.3 Å². The second-order valence-corrected chi connectivity index (χ2v) is 9.36. The Kier molecular flexibility index (Phi) is 13.9. The van der Waals surface area contributed by atoms with Gasteiger partial charge in [-0.3, -0.25) is 19.2 Å². The van der Waals surface area contributed by atoms with Gasteiger partial charge in [-0.2, -0.15) is 0 Å². The van der Waals surface area contributed by atoms with Crippen LogP contribution in [0.15, 0.2) is 24.3 Å². The van der Waals surface area contributed by atoms with E-state index in [1.165, 1.54) is 0 Å². The number of alkyl halides is 1. The van der Waals surface area contributed by atoms with E-state index in [4.69, 9.17) is 13.6 Å². The molecule has 0 aliphatic carbocycles. The lowest BCUT2D eigenvalue weighted by Crippen LogP contribution is -2.56. The van der Waals surface area contributed by atoms with E-state index in [2.05, 4.69) is 26.6 Å². The van der Waals surface area contributed by atoms with E-state index in [1.54, 1.807) is 45.0 Å². The molecule has 0 saturated heterocycles. The number of primary amides is 1. The molecule has 3 atom stereocenters. The fourth-order valence-electron chi connectivity index (χ4n) is 3.11. The van der Waals surface area contributed by atoms with Crippen LogP contribution in [0, 0.1) is 5.92 Å². The Morgan fingerprint density at radius 3 is 2.14 bits per heavy atom. The van der Waals surface area contributed by atoms with Crippen molar-refractivity contribution in [2.75, 3.05) is 16.3 Å². The summed E-state index contributed by atoms with van der Waals surface area (Å²) in [4.78, 5) is 61.1. The maximum absolute atomic E-state index is 13.1. The fraction of sp³-hybridized carbons (Fsp3) is 0.522. The van der Waals surface area contributed by atoms with Crippen molar-refractivity contribution in [3.8, 4) is 0 Å². The number of hydrogen-bond acceptors (Lipinski definition) is 5. The van der Waals surface area contributed by atoms with Gasteiger partial charge >= 0.3 is 6.03 Å². The lowest BCUT2D eigenvalue weighted by molar-refractivity contribution is -0.131. The number of anilines is 1. The summed E-state index contributed by atoms with van der Waals surface area (Å²) in [7, 11) is 5.58. The number of urea groups is 1. The molecule has 1 unspecified atom stereocenters. The highest BCUT2D eigenvalue weighted by Crippen LogP contribution is 2.12. The molecule has 6 amide bonds. The number of rotatable bonds is 14. The van der Waals surface area contributed by atoms with Crippen LogP contribution in [0.4, 0.5) is 10.5 Å².